The van der Waals surface area contributed by atoms with Crippen molar-refractivity contribution in [2.75, 3.05) is 39.5 Å². The van der Waals surface area contributed by atoms with Crippen molar-refractivity contribution in [2.24, 2.45) is 0 Å². The molecule has 1 aliphatic carbocycles. The fraction of sp³-hybridized carbons (Fsp3) is 0.424. The van der Waals surface area contributed by atoms with Crippen molar-refractivity contribution in [2.45, 2.75) is 53.2 Å². The van der Waals surface area contributed by atoms with Gasteiger partial charge in [0.25, 0.3) is 0 Å². The SMILES string of the molecule is CCOc1c(C(=O)O)cnn1-c1cccc(C2=CCCC(C)=C2OCc2ccc3c(c2C)CCN(CCOCCO)C3)n1. The summed E-state index contributed by atoms with van der Waals surface area (Å²) in [6.45, 7) is 10.6. The predicted molar refractivity (Wildman–Crippen MR) is 162 cm³/mol. The number of aromatic nitrogens is 3. The molecule has 228 valence electrons. The summed E-state index contributed by atoms with van der Waals surface area (Å²) in [4.78, 5) is 19.0. The minimum Gasteiger partial charge on any atom is -0.488 e. The van der Waals surface area contributed by atoms with Gasteiger partial charge < -0.3 is 24.4 Å². The fourth-order valence-electron chi connectivity index (χ4n) is 5.71. The maximum atomic E-state index is 11.7. The molecule has 1 aliphatic heterocycles. The van der Waals surface area contributed by atoms with Crippen molar-refractivity contribution in [3.63, 3.8) is 0 Å². The van der Waals surface area contributed by atoms with E-state index in [1.807, 2.05) is 12.1 Å². The first-order valence-electron chi connectivity index (χ1n) is 14.9. The molecule has 0 unspecified atom stereocenters. The molecule has 0 spiro atoms. The van der Waals surface area contributed by atoms with Crippen LogP contribution in [0.25, 0.3) is 11.4 Å². The fourth-order valence-corrected chi connectivity index (χ4v) is 5.71. The van der Waals surface area contributed by atoms with E-state index in [0.29, 0.717) is 32.2 Å². The van der Waals surface area contributed by atoms with Crippen LogP contribution in [0.2, 0.25) is 0 Å². The Morgan fingerprint density at radius 1 is 1.09 bits per heavy atom. The highest BCUT2D eigenvalue weighted by molar-refractivity contribution is 5.90. The molecule has 2 aromatic heterocycles. The summed E-state index contributed by atoms with van der Waals surface area (Å²) >= 11 is 0. The largest absolute Gasteiger partial charge is 0.488 e. The van der Waals surface area contributed by atoms with E-state index in [1.54, 1.807) is 13.0 Å². The van der Waals surface area contributed by atoms with Crippen molar-refractivity contribution in [1.29, 1.82) is 0 Å². The van der Waals surface area contributed by atoms with E-state index in [4.69, 9.17) is 24.3 Å². The monoisotopic (exact) mass is 588 g/mol. The first-order chi connectivity index (χ1) is 20.9. The van der Waals surface area contributed by atoms with Gasteiger partial charge in [-0.1, -0.05) is 24.3 Å². The smallest absolute Gasteiger partial charge is 0.342 e. The Morgan fingerprint density at radius 3 is 2.74 bits per heavy atom. The highest BCUT2D eigenvalue weighted by Gasteiger charge is 2.23. The molecule has 10 nitrogen and oxygen atoms in total. The van der Waals surface area contributed by atoms with Crippen LogP contribution in [0.1, 0.15) is 65.0 Å². The lowest BCUT2D eigenvalue weighted by atomic mass is 9.91. The second-order valence-corrected chi connectivity index (χ2v) is 10.8. The Morgan fingerprint density at radius 2 is 1.95 bits per heavy atom. The van der Waals surface area contributed by atoms with Gasteiger partial charge in [0.1, 0.15) is 17.9 Å². The summed E-state index contributed by atoms with van der Waals surface area (Å²) in [5.74, 6) is 0.352. The molecule has 5 rings (SSSR count). The van der Waals surface area contributed by atoms with Crippen LogP contribution in [0.5, 0.6) is 5.88 Å². The van der Waals surface area contributed by atoms with Gasteiger partial charge in [0.05, 0.1) is 38.3 Å². The van der Waals surface area contributed by atoms with Crippen LogP contribution in [0.3, 0.4) is 0 Å². The Bertz CT molecular complexity index is 1530. The Hall–Kier alpha value is -3.99. The van der Waals surface area contributed by atoms with E-state index in [9.17, 15) is 9.90 Å². The Labute approximate surface area is 252 Å². The van der Waals surface area contributed by atoms with E-state index in [-0.39, 0.29) is 18.1 Å². The number of fused-ring (bicyclic) bond motifs is 1. The number of carbonyl (C=O) groups is 1. The summed E-state index contributed by atoms with van der Waals surface area (Å²) in [5.41, 5.74) is 8.01. The molecule has 1 aromatic carbocycles. The molecule has 0 saturated carbocycles. The first-order valence-corrected chi connectivity index (χ1v) is 14.9. The van der Waals surface area contributed by atoms with Crippen molar-refractivity contribution < 1.29 is 29.2 Å². The number of pyridine rings is 1. The van der Waals surface area contributed by atoms with Gasteiger partial charge in [-0.05, 0) is 80.0 Å². The zero-order valence-electron chi connectivity index (χ0n) is 25.1. The summed E-state index contributed by atoms with van der Waals surface area (Å²) in [6, 6.07) is 9.99. The second-order valence-electron chi connectivity index (χ2n) is 10.8. The van der Waals surface area contributed by atoms with Crippen LogP contribution in [0.15, 0.2) is 53.9 Å². The van der Waals surface area contributed by atoms with Crippen molar-refractivity contribution >= 4 is 11.5 Å². The molecular formula is C33H40N4O6. The summed E-state index contributed by atoms with van der Waals surface area (Å²) in [5, 5.41) is 22.8. The van der Waals surface area contributed by atoms with E-state index in [0.717, 1.165) is 55.9 Å². The number of rotatable bonds is 13. The highest BCUT2D eigenvalue weighted by Crippen LogP contribution is 2.34. The third kappa shape index (κ3) is 6.82. The van der Waals surface area contributed by atoms with Crippen LogP contribution in [-0.4, -0.2) is 75.4 Å². The molecule has 3 heterocycles. The van der Waals surface area contributed by atoms with E-state index in [1.165, 1.54) is 38.7 Å². The molecule has 0 atom stereocenters. The third-order valence-electron chi connectivity index (χ3n) is 8.00. The van der Waals surface area contributed by atoms with Gasteiger partial charge in [-0.3, -0.25) is 4.90 Å². The number of benzene rings is 1. The van der Waals surface area contributed by atoms with Crippen molar-refractivity contribution in [1.82, 2.24) is 19.7 Å². The summed E-state index contributed by atoms with van der Waals surface area (Å²) in [7, 11) is 0. The minimum absolute atomic E-state index is 0.00844. The minimum atomic E-state index is -1.10. The van der Waals surface area contributed by atoms with Gasteiger partial charge in [-0.15, -0.1) is 0 Å². The zero-order valence-corrected chi connectivity index (χ0v) is 25.1. The first kappa shape index (κ1) is 30.5. The number of carboxylic acid groups (broad SMARTS) is 1. The number of aromatic carboxylic acids is 1. The average Bonchev–Trinajstić information content (AvgIpc) is 3.44. The standard InChI is InChI=1S/C33H40N4O6/c1-4-42-32-28(33(39)40)19-34-37(32)30-10-6-9-29(35-30)27-8-5-7-22(2)31(27)43-21-25-12-11-24-20-36(15-17-41-18-16-38)14-13-26(24)23(25)3/h6,8-12,19,38H,4-5,7,13-18,20-21H2,1-3H3,(H,39,40). The number of aliphatic hydroxyl groups is 1. The molecule has 0 radical (unpaired) electrons. The molecule has 43 heavy (non-hydrogen) atoms. The second kappa shape index (κ2) is 14.0. The third-order valence-corrected chi connectivity index (χ3v) is 8.00. The van der Waals surface area contributed by atoms with Crippen LogP contribution in [0.4, 0.5) is 0 Å². The van der Waals surface area contributed by atoms with Crippen LogP contribution in [-0.2, 0) is 29.0 Å². The average molecular weight is 589 g/mol. The van der Waals surface area contributed by atoms with Gasteiger partial charge >= 0.3 is 5.97 Å². The summed E-state index contributed by atoms with van der Waals surface area (Å²) in [6.07, 6.45) is 6.22. The molecule has 0 bridgehead atoms. The number of aliphatic hydroxyl groups excluding tert-OH is 1. The van der Waals surface area contributed by atoms with Gasteiger partial charge in [-0.2, -0.15) is 9.78 Å². The van der Waals surface area contributed by atoms with E-state index >= 15 is 0 Å². The van der Waals surface area contributed by atoms with E-state index < -0.39 is 5.97 Å². The van der Waals surface area contributed by atoms with Crippen LogP contribution >= 0.6 is 0 Å². The molecular weight excluding hydrogens is 548 g/mol. The molecule has 2 aliphatic rings. The van der Waals surface area contributed by atoms with Gasteiger partial charge in [0.2, 0.25) is 5.88 Å². The van der Waals surface area contributed by atoms with Gasteiger partial charge in [-0.25, -0.2) is 9.78 Å². The van der Waals surface area contributed by atoms with Crippen LogP contribution in [0, 0.1) is 6.92 Å². The maximum absolute atomic E-state index is 11.7. The van der Waals surface area contributed by atoms with Gasteiger partial charge in [0, 0.05) is 25.2 Å². The number of ether oxygens (including phenoxy) is 3. The summed E-state index contributed by atoms with van der Waals surface area (Å²) < 4.78 is 19.1. The highest BCUT2D eigenvalue weighted by atomic mass is 16.5. The molecule has 0 saturated heterocycles. The number of allylic oxidation sites excluding steroid dienone is 3. The van der Waals surface area contributed by atoms with Crippen molar-refractivity contribution in [3.8, 4) is 11.7 Å². The molecule has 3 aromatic rings. The predicted octanol–water partition coefficient (Wildman–Crippen LogP) is 4.71. The normalized spacial score (nSPS) is 15.3. The number of nitrogens with zero attached hydrogens (tertiary/aromatic N) is 4. The molecule has 2 N–H and O–H groups in total. The topological polar surface area (TPSA) is 119 Å². The lowest BCUT2D eigenvalue weighted by molar-refractivity contribution is 0.0692. The molecule has 10 heteroatoms. The Balaban J connectivity index is 1.33. The van der Waals surface area contributed by atoms with E-state index in [2.05, 4.69) is 42.1 Å². The number of carboxylic acids is 1. The quantitative estimate of drug-likeness (QED) is 0.274. The van der Waals surface area contributed by atoms with Gasteiger partial charge in [0.15, 0.2) is 5.82 Å². The lowest BCUT2D eigenvalue weighted by Gasteiger charge is -2.30. The van der Waals surface area contributed by atoms with Crippen LogP contribution < -0.4 is 4.74 Å². The lowest BCUT2D eigenvalue weighted by Crippen LogP contribution is -2.34. The Kier molecular flexibility index (Phi) is 9.91. The molecule has 0 amide bonds. The number of hydrogen-bond acceptors (Lipinski definition) is 8. The maximum Gasteiger partial charge on any atom is 0.342 e. The molecule has 0 fully saturated rings. The van der Waals surface area contributed by atoms with Crippen molar-refractivity contribution in [3.05, 3.63) is 87.4 Å². The number of hydrogen-bond donors (Lipinski definition) is 2. The zero-order chi connectivity index (χ0) is 30.3.